The molecule has 0 radical (unpaired) electrons. The zero-order valence-electron chi connectivity index (χ0n) is 11.8. The molecule has 2 aromatic rings. The second-order valence-electron chi connectivity index (χ2n) is 4.81. The predicted molar refractivity (Wildman–Crippen MR) is 85.3 cm³/mol. The Balaban J connectivity index is 2.01. The van der Waals surface area contributed by atoms with Gasteiger partial charge >= 0.3 is 0 Å². The third kappa shape index (κ3) is 3.98. The summed E-state index contributed by atoms with van der Waals surface area (Å²) in [6, 6.07) is 11.6. The average Bonchev–Trinajstić information content (AvgIpc) is 2.43. The first-order valence-electron chi connectivity index (χ1n) is 6.55. The van der Waals surface area contributed by atoms with Crippen LogP contribution in [0.3, 0.4) is 0 Å². The molecule has 0 spiro atoms. The quantitative estimate of drug-likeness (QED) is 0.826. The number of halogens is 2. The van der Waals surface area contributed by atoms with Crippen LogP contribution < -0.4 is 10.6 Å². The van der Waals surface area contributed by atoms with Gasteiger partial charge in [-0.2, -0.15) is 0 Å². The van der Waals surface area contributed by atoms with Crippen LogP contribution in [0.5, 0.6) is 0 Å². The molecule has 0 saturated carbocycles. The maximum atomic E-state index is 13.1. The highest BCUT2D eigenvalue weighted by atomic mass is 32.1. The van der Waals surface area contributed by atoms with Gasteiger partial charge in [-0.05, 0) is 49.3 Å². The molecule has 0 aliphatic heterocycles. The number of benzene rings is 2. The Morgan fingerprint density at radius 1 is 1.10 bits per heavy atom. The maximum Gasteiger partial charge on any atom is 0.171 e. The van der Waals surface area contributed by atoms with Crippen LogP contribution in [0.2, 0.25) is 0 Å². The molecule has 2 rings (SSSR count). The fourth-order valence-corrected chi connectivity index (χ4v) is 2.38. The fourth-order valence-electron chi connectivity index (χ4n) is 2.09. The number of hydrogen-bond donors (Lipinski definition) is 2. The van der Waals surface area contributed by atoms with Crippen molar-refractivity contribution in [3.05, 3.63) is 65.2 Å². The third-order valence-corrected chi connectivity index (χ3v) is 3.40. The van der Waals surface area contributed by atoms with E-state index in [1.165, 1.54) is 6.07 Å². The van der Waals surface area contributed by atoms with Gasteiger partial charge in [-0.3, -0.25) is 0 Å². The highest BCUT2D eigenvalue weighted by Crippen LogP contribution is 2.17. The zero-order chi connectivity index (χ0) is 15.4. The minimum absolute atomic E-state index is 0.0106. The summed E-state index contributed by atoms with van der Waals surface area (Å²) in [5.41, 5.74) is 2.70. The summed E-state index contributed by atoms with van der Waals surface area (Å²) in [4.78, 5) is 0. The van der Waals surface area contributed by atoms with Gasteiger partial charge in [0.1, 0.15) is 0 Å². The maximum absolute atomic E-state index is 13.1. The van der Waals surface area contributed by atoms with E-state index in [9.17, 15) is 8.78 Å². The highest BCUT2D eigenvalue weighted by Gasteiger charge is 2.10. The largest absolute Gasteiger partial charge is 0.356 e. The molecule has 21 heavy (non-hydrogen) atoms. The van der Waals surface area contributed by atoms with Gasteiger partial charge < -0.3 is 10.6 Å². The minimum atomic E-state index is -0.908. The summed E-state index contributed by atoms with van der Waals surface area (Å²) in [7, 11) is 0. The number of nitrogens with one attached hydrogen (secondary N) is 2. The molecule has 1 atom stereocenters. The molecule has 0 saturated heterocycles. The van der Waals surface area contributed by atoms with Gasteiger partial charge in [0.2, 0.25) is 0 Å². The number of rotatable bonds is 3. The fraction of sp³-hybridized carbons (Fsp3) is 0.188. The lowest BCUT2D eigenvalue weighted by Crippen LogP contribution is -2.31. The lowest BCUT2D eigenvalue weighted by atomic mass is 10.0. The van der Waals surface area contributed by atoms with Gasteiger partial charge in [0, 0.05) is 11.8 Å². The summed E-state index contributed by atoms with van der Waals surface area (Å²) >= 11 is 5.19. The van der Waals surface area contributed by atoms with E-state index in [1.807, 2.05) is 38.1 Å². The van der Waals surface area contributed by atoms with Crippen molar-refractivity contribution in [2.45, 2.75) is 19.9 Å². The van der Waals surface area contributed by atoms with Crippen LogP contribution in [-0.2, 0) is 0 Å². The van der Waals surface area contributed by atoms with Crippen LogP contribution >= 0.6 is 12.2 Å². The van der Waals surface area contributed by atoms with E-state index in [2.05, 4.69) is 10.6 Å². The number of anilines is 1. The van der Waals surface area contributed by atoms with Crippen molar-refractivity contribution in [3.8, 4) is 0 Å². The highest BCUT2D eigenvalue weighted by molar-refractivity contribution is 7.80. The Bertz CT molecular complexity index is 658. The summed E-state index contributed by atoms with van der Waals surface area (Å²) in [5, 5.41) is 6.33. The van der Waals surface area contributed by atoms with Crippen LogP contribution in [0.15, 0.2) is 42.5 Å². The van der Waals surface area contributed by atoms with Crippen LogP contribution in [0.25, 0.3) is 0 Å². The molecule has 0 bridgehead atoms. The monoisotopic (exact) mass is 306 g/mol. The molecule has 0 heterocycles. The first-order chi connectivity index (χ1) is 9.97. The van der Waals surface area contributed by atoms with Crippen LogP contribution in [0.1, 0.15) is 24.1 Å². The van der Waals surface area contributed by atoms with E-state index in [0.29, 0.717) is 10.8 Å². The molecule has 5 heteroatoms. The zero-order valence-corrected chi connectivity index (χ0v) is 12.6. The predicted octanol–water partition coefficient (Wildman–Crippen LogP) is 4.32. The molecular weight excluding hydrogens is 290 g/mol. The summed E-state index contributed by atoms with van der Waals surface area (Å²) in [6.07, 6.45) is 0. The molecule has 2 aromatic carbocycles. The average molecular weight is 306 g/mol. The van der Waals surface area contributed by atoms with Gasteiger partial charge in [-0.1, -0.05) is 24.3 Å². The summed E-state index contributed by atoms with van der Waals surface area (Å²) in [6.45, 7) is 4.01. The Hall–Kier alpha value is -2.01. The van der Waals surface area contributed by atoms with Crippen molar-refractivity contribution < 1.29 is 8.78 Å². The Morgan fingerprint density at radius 2 is 1.81 bits per heavy atom. The van der Waals surface area contributed by atoms with Crippen molar-refractivity contribution in [1.82, 2.24) is 5.32 Å². The molecule has 1 unspecified atom stereocenters. The number of hydrogen-bond acceptors (Lipinski definition) is 1. The Kier molecular flexibility index (Phi) is 4.85. The topological polar surface area (TPSA) is 24.1 Å². The van der Waals surface area contributed by atoms with Crippen molar-refractivity contribution in [2.24, 2.45) is 0 Å². The summed E-state index contributed by atoms with van der Waals surface area (Å²) in [5.74, 6) is -1.79. The van der Waals surface area contributed by atoms with Crippen molar-refractivity contribution >= 4 is 23.0 Å². The van der Waals surface area contributed by atoms with Gasteiger partial charge in [0.25, 0.3) is 0 Å². The van der Waals surface area contributed by atoms with Crippen molar-refractivity contribution in [1.29, 1.82) is 0 Å². The van der Waals surface area contributed by atoms with Crippen molar-refractivity contribution in [3.63, 3.8) is 0 Å². The van der Waals surface area contributed by atoms with Crippen LogP contribution in [0, 0.1) is 18.6 Å². The van der Waals surface area contributed by atoms with Gasteiger partial charge in [-0.15, -0.1) is 0 Å². The lowest BCUT2D eigenvalue weighted by Gasteiger charge is -2.19. The molecule has 0 aromatic heterocycles. The molecule has 0 aliphatic rings. The van der Waals surface area contributed by atoms with Crippen molar-refractivity contribution in [2.75, 3.05) is 5.32 Å². The Morgan fingerprint density at radius 3 is 2.48 bits per heavy atom. The van der Waals surface area contributed by atoms with E-state index in [4.69, 9.17) is 12.2 Å². The van der Waals surface area contributed by atoms with E-state index in [-0.39, 0.29) is 6.04 Å². The first kappa shape index (κ1) is 15.4. The van der Waals surface area contributed by atoms with E-state index < -0.39 is 11.6 Å². The molecule has 2 N–H and O–H groups in total. The molecule has 0 amide bonds. The van der Waals surface area contributed by atoms with Crippen LogP contribution in [0.4, 0.5) is 14.5 Å². The van der Waals surface area contributed by atoms with E-state index >= 15 is 0 Å². The number of aryl methyl sites for hydroxylation is 1. The number of thiocarbonyl (C=S) groups is 1. The third-order valence-electron chi connectivity index (χ3n) is 3.18. The lowest BCUT2D eigenvalue weighted by molar-refractivity contribution is 0.509. The summed E-state index contributed by atoms with van der Waals surface area (Å²) < 4.78 is 26.0. The molecule has 0 aliphatic carbocycles. The smallest absolute Gasteiger partial charge is 0.171 e. The normalized spacial score (nSPS) is 11.8. The standard InChI is InChI=1S/C16H16F2N2S/c1-10-5-3-4-6-13(10)11(2)19-16(21)20-12-7-8-14(17)15(18)9-12/h3-9,11H,1-2H3,(H2,19,20,21). The molecule has 110 valence electrons. The minimum Gasteiger partial charge on any atom is -0.356 e. The first-order valence-corrected chi connectivity index (χ1v) is 6.96. The molecule has 0 fully saturated rings. The van der Waals surface area contributed by atoms with Gasteiger partial charge in [-0.25, -0.2) is 8.78 Å². The van der Waals surface area contributed by atoms with Gasteiger partial charge in [0.15, 0.2) is 16.7 Å². The molecular formula is C16H16F2N2S. The van der Waals surface area contributed by atoms with E-state index in [1.54, 1.807) is 0 Å². The Labute approximate surface area is 128 Å². The van der Waals surface area contributed by atoms with Gasteiger partial charge in [0.05, 0.1) is 6.04 Å². The molecule has 2 nitrogen and oxygen atoms in total. The second-order valence-corrected chi connectivity index (χ2v) is 5.21. The van der Waals surface area contributed by atoms with Crippen LogP contribution in [-0.4, -0.2) is 5.11 Å². The second kappa shape index (κ2) is 6.63. The SMILES string of the molecule is Cc1ccccc1C(C)NC(=S)Nc1ccc(F)c(F)c1. The van der Waals surface area contributed by atoms with E-state index in [0.717, 1.165) is 23.3 Å².